The summed E-state index contributed by atoms with van der Waals surface area (Å²) >= 11 is 6.19. The summed E-state index contributed by atoms with van der Waals surface area (Å²) in [7, 11) is 0. The third kappa shape index (κ3) is 2.70. The monoisotopic (exact) mass is 307 g/mol. The molecule has 21 heavy (non-hydrogen) atoms. The van der Waals surface area contributed by atoms with Crippen LogP contribution in [-0.4, -0.2) is 16.3 Å². The van der Waals surface area contributed by atoms with Gasteiger partial charge in [0.15, 0.2) is 0 Å². The Kier molecular flexibility index (Phi) is 4.27. The zero-order chi connectivity index (χ0) is 14.8. The summed E-state index contributed by atoms with van der Waals surface area (Å²) in [5.41, 5.74) is 2.61. The quantitative estimate of drug-likeness (QED) is 0.867. The minimum atomic E-state index is -0.336. The molecule has 1 heterocycles. The first kappa shape index (κ1) is 14.5. The fourth-order valence-corrected chi connectivity index (χ4v) is 3.31. The summed E-state index contributed by atoms with van der Waals surface area (Å²) in [5.74, 6) is -0.336. The van der Waals surface area contributed by atoms with Gasteiger partial charge in [0.2, 0.25) is 0 Å². The molecule has 0 aliphatic heterocycles. The van der Waals surface area contributed by atoms with Crippen LogP contribution >= 0.6 is 11.6 Å². The molecule has 112 valence electrons. The van der Waals surface area contributed by atoms with Crippen LogP contribution in [0.3, 0.4) is 0 Å². The smallest absolute Gasteiger partial charge is 0.150 e. The van der Waals surface area contributed by atoms with Gasteiger partial charge in [0, 0.05) is 17.3 Å². The van der Waals surface area contributed by atoms with Gasteiger partial charge < -0.3 is 5.32 Å². The Morgan fingerprint density at radius 3 is 3.05 bits per heavy atom. The van der Waals surface area contributed by atoms with Gasteiger partial charge in [-0.2, -0.15) is 5.10 Å². The molecule has 1 atom stereocenters. The largest absolute Gasteiger partial charge is 0.310 e. The SMILES string of the molecule is CCNC1CCCCc2c1cnn2-c1c(F)cccc1Cl. The lowest BCUT2D eigenvalue weighted by Crippen LogP contribution is -2.20. The van der Waals surface area contributed by atoms with E-state index in [1.807, 2.05) is 6.20 Å². The minimum Gasteiger partial charge on any atom is -0.310 e. The number of benzene rings is 1. The van der Waals surface area contributed by atoms with Crippen LogP contribution in [0, 0.1) is 5.82 Å². The van der Waals surface area contributed by atoms with Crippen molar-refractivity contribution in [2.24, 2.45) is 0 Å². The number of nitrogens with zero attached hydrogens (tertiary/aromatic N) is 2. The van der Waals surface area contributed by atoms with Gasteiger partial charge in [-0.1, -0.05) is 31.0 Å². The van der Waals surface area contributed by atoms with Crippen molar-refractivity contribution in [1.29, 1.82) is 0 Å². The van der Waals surface area contributed by atoms with Gasteiger partial charge in [-0.05, 0) is 37.9 Å². The molecule has 1 aromatic carbocycles. The summed E-state index contributed by atoms with van der Waals surface area (Å²) in [6, 6.07) is 5.04. The Bertz CT molecular complexity index is 618. The highest BCUT2D eigenvalue weighted by atomic mass is 35.5. The van der Waals surface area contributed by atoms with Crippen LogP contribution in [0.2, 0.25) is 5.02 Å². The maximum absolute atomic E-state index is 14.2. The Morgan fingerprint density at radius 1 is 1.43 bits per heavy atom. The summed E-state index contributed by atoms with van der Waals surface area (Å²) in [6.45, 7) is 3.01. The van der Waals surface area contributed by atoms with E-state index in [9.17, 15) is 4.39 Å². The normalized spacial score (nSPS) is 18.3. The molecule has 5 heteroatoms. The van der Waals surface area contributed by atoms with E-state index in [2.05, 4.69) is 17.3 Å². The molecule has 1 N–H and O–H groups in total. The van der Waals surface area contributed by atoms with E-state index in [1.165, 1.54) is 11.6 Å². The van der Waals surface area contributed by atoms with Crippen molar-refractivity contribution in [2.45, 2.75) is 38.6 Å². The third-order valence-electron chi connectivity index (χ3n) is 4.03. The number of halogens is 2. The fourth-order valence-electron chi connectivity index (χ4n) is 3.07. The molecule has 0 spiro atoms. The first-order chi connectivity index (χ1) is 10.2. The van der Waals surface area contributed by atoms with E-state index < -0.39 is 0 Å². The van der Waals surface area contributed by atoms with Gasteiger partial charge in [0.1, 0.15) is 11.5 Å². The lowest BCUT2D eigenvalue weighted by Gasteiger charge is -2.16. The van der Waals surface area contributed by atoms with Crippen molar-refractivity contribution in [3.05, 3.63) is 46.5 Å². The molecule has 0 fully saturated rings. The number of nitrogens with one attached hydrogen (secondary N) is 1. The second-order valence-corrected chi connectivity index (χ2v) is 5.79. The summed E-state index contributed by atoms with van der Waals surface area (Å²) in [5, 5.41) is 8.30. The molecule has 3 rings (SSSR count). The maximum Gasteiger partial charge on any atom is 0.150 e. The number of fused-ring (bicyclic) bond motifs is 1. The van der Waals surface area contributed by atoms with Crippen LogP contribution in [0.4, 0.5) is 4.39 Å². The second-order valence-electron chi connectivity index (χ2n) is 5.38. The highest BCUT2D eigenvalue weighted by Gasteiger charge is 2.24. The maximum atomic E-state index is 14.2. The Morgan fingerprint density at radius 2 is 2.29 bits per heavy atom. The highest BCUT2D eigenvalue weighted by molar-refractivity contribution is 6.32. The highest BCUT2D eigenvalue weighted by Crippen LogP contribution is 2.32. The van der Waals surface area contributed by atoms with Crippen LogP contribution in [0.1, 0.15) is 43.5 Å². The molecule has 1 aromatic heterocycles. The minimum absolute atomic E-state index is 0.298. The van der Waals surface area contributed by atoms with Crippen molar-refractivity contribution in [3.8, 4) is 5.69 Å². The molecule has 1 unspecified atom stereocenters. The van der Waals surface area contributed by atoms with Gasteiger partial charge in [0.25, 0.3) is 0 Å². The van der Waals surface area contributed by atoms with E-state index in [0.29, 0.717) is 16.8 Å². The van der Waals surface area contributed by atoms with Gasteiger partial charge in [0.05, 0.1) is 11.2 Å². The summed E-state index contributed by atoms with van der Waals surface area (Å²) < 4.78 is 15.9. The Hall–Kier alpha value is -1.39. The van der Waals surface area contributed by atoms with Crippen molar-refractivity contribution >= 4 is 11.6 Å². The number of para-hydroxylation sites is 1. The van der Waals surface area contributed by atoms with Crippen LogP contribution in [0.5, 0.6) is 0 Å². The molecule has 0 saturated carbocycles. The molecular formula is C16H19ClFN3. The number of aromatic nitrogens is 2. The predicted octanol–water partition coefficient (Wildman–Crippen LogP) is 4.04. The van der Waals surface area contributed by atoms with Crippen molar-refractivity contribution < 1.29 is 4.39 Å². The van der Waals surface area contributed by atoms with E-state index >= 15 is 0 Å². The number of rotatable bonds is 3. The zero-order valence-corrected chi connectivity index (χ0v) is 12.8. The molecule has 1 aliphatic carbocycles. The Balaban J connectivity index is 2.10. The lowest BCUT2D eigenvalue weighted by molar-refractivity contribution is 0.503. The first-order valence-electron chi connectivity index (χ1n) is 7.47. The van der Waals surface area contributed by atoms with Gasteiger partial charge in [-0.3, -0.25) is 0 Å². The molecule has 0 amide bonds. The third-order valence-corrected chi connectivity index (χ3v) is 4.34. The standard InChI is InChI=1S/C16H19ClFN3/c1-2-19-14-8-3-4-9-15-11(14)10-20-21(15)16-12(17)6-5-7-13(16)18/h5-7,10,14,19H,2-4,8-9H2,1H3. The first-order valence-corrected chi connectivity index (χ1v) is 7.84. The topological polar surface area (TPSA) is 29.9 Å². The second kappa shape index (κ2) is 6.16. The lowest BCUT2D eigenvalue weighted by atomic mass is 10.1. The molecular weight excluding hydrogens is 289 g/mol. The Labute approximate surface area is 129 Å². The van der Waals surface area contributed by atoms with Gasteiger partial charge in [-0.25, -0.2) is 9.07 Å². The van der Waals surface area contributed by atoms with Crippen molar-refractivity contribution in [1.82, 2.24) is 15.1 Å². The molecule has 2 aromatic rings. The zero-order valence-electron chi connectivity index (χ0n) is 12.1. The van der Waals surface area contributed by atoms with Crippen molar-refractivity contribution in [2.75, 3.05) is 6.54 Å². The van der Waals surface area contributed by atoms with E-state index in [-0.39, 0.29) is 5.82 Å². The van der Waals surface area contributed by atoms with Crippen LogP contribution in [0.15, 0.2) is 24.4 Å². The van der Waals surface area contributed by atoms with Crippen LogP contribution < -0.4 is 5.32 Å². The number of hydrogen-bond donors (Lipinski definition) is 1. The molecule has 1 aliphatic rings. The van der Waals surface area contributed by atoms with E-state index in [4.69, 9.17) is 11.6 Å². The molecule has 0 saturated heterocycles. The summed E-state index contributed by atoms with van der Waals surface area (Å²) in [6.07, 6.45) is 6.11. The number of hydrogen-bond acceptors (Lipinski definition) is 2. The fraction of sp³-hybridized carbons (Fsp3) is 0.438. The molecule has 0 radical (unpaired) electrons. The summed E-state index contributed by atoms with van der Waals surface area (Å²) in [4.78, 5) is 0. The van der Waals surface area contributed by atoms with Crippen LogP contribution in [-0.2, 0) is 6.42 Å². The predicted molar refractivity (Wildman–Crippen MR) is 82.5 cm³/mol. The van der Waals surface area contributed by atoms with Crippen molar-refractivity contribution in [3.63, 3.8) is 0 Å². The van der Waals surface area contributed by atoms with Crippen LogP contribution in [0.25, 0.3) is 5.69 Å². The van der Waals surface area contributed by atoms with Gasteiger partial charge in [-0.15, -0.1) is 0 Å². The van der Waals surface area contributed by atoms with Gasteiger partial charge >= 0.3 is 0 Å². The molecule has 3 nitrogen and oxygen atoms in total. The molecule has 0 bridgehead atoms. The average molecular weight is 308 g/mol. The average Bonchev–Trinajstić information content (AvgIpc) is 2.75. The van der Waals surface area contributed by atoms with E-state index in [1.54, 1.807) is 16.8 Å². The van der Waals surface area contributed by atoms with E-state index in [0.717, 1.165) is 37.9 Å².